The Morgan fingerprint density at radius 3 is 2.92 bits per heavy atom. The molecule has 2 N–H and O–H groups in total. The number of thiazole rings is 1. The number of aromatic nitrogens is 1. The molecule has 6 nitrogen and oxygen atoms in total. The van der Waals surface area contributed by atoms with Crippen LogP contribution in [-0.4, -0.2) is 37.8 Å². The zero-order valence-electron chi connectivity index (χ0n) is 14.4. The Balaban J connectivity index is 1.39. The van der Waals surface area contributed by atoms with E-state index in [1.54, 1.807) is 18.4 Å². The van der Waals surface area contributed by atoms with E-state index in [4.69, 9.17) is 4.74 Å². The monoisotopic (exact) mass is 360 g/mol. The van der Waals surface area contributed by atoms with Crippen molar-refractivity contribution in [1.82, 2.24) is 15.6 Å². The minimum atomic E-state index is -0.123. The third-order valence-corrected chi connectivity index (χ3v) is 5.20. The number of ether oxygens (including phenoxy) is 1. The Bertz CT molecular complexity index is 660. The third kappa shape index (κ3) is 5.09. The van der Waals surface area contributed by atoms with Crippen molar-refractivity contribution in [3.8, 4) is 5.75 Å². The predicted octanol–water partition coefficient (Wildman–Crippen LogP) is 2.87. The molecular formula is C18H24N4O2S. The van der Waals surface area contributed by atoms with Crippen LogP contribution in [0, 0.1) is 5.92 Å². The summed E-state index contributed by atoms with van der Waals surface area (Å²) < 4.78 is 5.13. The van der Waals surface area contributed by atoms with Gasteiger partial charge < -0.3 is 20.3 Å². The molecule has 25 heavy (non-hydrogen) atoms. The largest absolute Gasteiger partial charge is 0.497 e. The fourth-order valence-corrected chi connectivity index (χ4v) is 3.68. The highest BCUT2D eigenvalue weighted by Gasteiger charge is 2.21. The average molecular weight is 360 g/mol. The molecule has 2 amide bonds. The van der Waals surface area contributed by atoms with E-state index in [1.807, 2.05) is 35.8 Å². The Labute approximate surface area is 152 Å². The molecular weight excluding hydrogens is 336 g/mol. The van der Waals surface area contributed by atoms with E-state index in [0.29, 0.717) is 19.0 Å². The molecule has 1 aromatic carbocycles. The number of anilines is 1. The van der Waals surface area contributed by atoms with Crippen LogP contribution in [0.1, 0.15) is 18.4 Å². The van der Waals surface area contributed by atoms with E-state index in [1.165, 1.54) is 0 Å². The molecule has 7 heteroatoms. The first kappa shape index (κ1) is 17.5. The highest BCUT2D eigenvalue weighted by atomic mass is 32.1. The predicted molar refractivity (Wildman–Crippen MR) is 100 cm³/mol. The second kappa shape index (κ2) is 8.71. The summed E-state index contributed by atoms with van der Waals surface area (Å²) in [5.41, 5.74) is 1.04. The second-order valence-electron chi connectivity index (χ2n) is 6.18. The van der Waals surface area contributed by atoms with E-state index >= 15 is 0 Å². The molecule has 0 aliphatic carbocycles. The average Bonchev–Trinajstić information content (AvgIpc) is 3.20. The van der Waals surface area contributed by atoms with Gasteiger partial charge in [-0.15, -0.1) is 11.3 Å². The number of hydrogen-bond donors (Lipinski definition) is 2. The molecule has 0 bridgehead atoms. The Hall–Kier alpha value is -2.28. The molecule has 0 radical (unpaired) electrons. The van der Waals surface area contributed by atoms with Gasteiger partial charge in [0.05, 0.1) is 7.11 Å². The first-order valence-corrected chi connectivity index (χ1v) is 9.41. The highest BCUT2D eigenvalue weighted by molar-refractivity contribution is 7.13. The number of carbonyl (C=O) groups is 1. The molecule has 134 valence electrons. The fraction of sp³-hybridized carbons (Fsp3) is 0.444. The van der Waals surface area contributed by atoms with E-state index < -0.39 is 0 Å². The SMILES string of the molecule is COc1ccc(CNC(=O)NCC2CCCN(c3nccs3)C2)cc1. The lowest BCUT2D eigenvalue weighted by atomic mass is 9.98. The molecule has 1 unspecified atom stereocenters. The summed E-state index contributed by atoms with van der Waals surface area (Å²) in [5.74, 6) is 1.28. The Kier molecular flexibility index (Phi) is 6.11. The van der Waals surface area contributed by atoms with Crippen LogP contribution in [0.15, 0.2) is 35.8 Å². The van der Waals surface area contributed by atoms with Crippen LogP contribution in [0.4, 0.5) is 9.93 Å². The summed E-state index contributed by atoms with van der Waals surface area (Å²) >= 11 is 1.67. The van der Waals surface area contributed by atoms with Crippen LogP contribution >= 0.6 is 11.3 Å². The molecule has 2 heterocycles. The molecule has 1 atom stereocenters. The Morgan fingerprint density at radius 1 is 1.36 bits per heavy atom. The van der Waals surface area contributed by atoms with Crippen LogP contribution in [0.5, 0.6) is 5.75 Å². The molecule has 1 aromatic heterocycles. The maximum absolute atomic E-state index is 12.0. The van der Waals surface area contributed by atoms with Crippen molar-refractivity contribution >= 4 is 22.5 Å². The number of methoxy groups -OCH3 is 1. The Morgan fingerprint density at radius 2 is 2.20 bits per heavy atom. The summed E-state index contributed by atoms with van der Waals surface area (Å²) in [4.78, 5) is 18.7. The van der Waals surface area contributed by atoms with Crippen molar-refractivity contribution in [2.45, 2.75) is 19.4 Å². The maximum atomic E-state index is 12.0. The van der Waals surface area contributed by atoms with Crippen molar-refractivity contribution in [1.29, 1.82) is 0 Å². The van der Waals surface area contributed by atoms with Gasteiger partial charge in [0, 0.05) is 37.8 Å². The van der Waals surface area contributed by atoms with Crippen molar-refractivity contribution in [2.75, 3.05) is 31.6 Å². The normalized spacial score (nSPS) is 17.2. The fourth-order valence-electron chi connectivity index (χ4n) is 3.00. The van der Waals surface area contributed by atoms with Gasteiger partial charge in [-0.2, -0.15) is 0 Å². The van der Waals surface area contributed by atoms with Gasteiger partial charge in [0.2, 0.25) is 0 Å². The van der Waals surface area contributed by atoms with Gasteiger partial charge in [0.25, 0.3) is 0 Å². The van der Waals surface area contributed by atoms with Crippen LogP contribution in [0.2, 0.25) is 0 Å². The lowest BCUT2D eigenvalue weighted by molar-refractivity contribution is 0.237. The number of benzene rings is 1. The molecule has 0 spiro atoms. The van der Waals surface area contributed by atoms with Gasteiger partial charge >= 0.3 is 6.03 Å². The van der Waals surface area contributed by atoms with Crippen molar-refractivity contribution in [3.63, 3.8) is 0 Å². The highest BCUT2D eigenvalue weighted by Crippen LogP contribution is 2.24. The first-order chi connectivity index (χ1) is 12.2. The topological polar surface area (TPSA) is 66.5 Å². The molecule has 2 aromatic rings. The quantitative estimate of drug-likeness (QED) is 0.831. The standard InChI is InChI=1S/C18H24N4O2S/c1-24-16-6-4-14(5-7-16)11-20-17(23)21-12-15-3-2-9-22(13-15)18-19-8-10-25-18/h4-8,10,15H,2-3,9,11-13H2,1H3,(H2,20,21,23). The number of hydrogen-bond acceptors (Lipinski definition) is 5. The van der Waals surface area contributed by atoms with Gasteiger partial charge in [-0.05, 0) is 36.5 Å². The second-order valence-corrected chi connectivity index (χ2v) is 7.05. The van der Waals surface area contributed by atoms with E-state index in [0.717, 1.165) is 42.4 Å². The summed E-state index contributed by atoms with van der Waals surface area (Å²) in [6.07, 6.45) is 4.12. The molecule has 1 saturated heterocycles. The van der Waals surface area contributed by atoms with Gasteiger partial charge in [0.1, 0.15) is 5.75 Å². The number of nitrogens with one attached hydrogen (secondary N) is 2. The molecule has 0 saturated carbocycles. The van der Waals surface area contributed by atoms with E-state index in [9.17, 15) is 4.79 Å². The minimum Gasteiger partial charge on any atom is -0.497 e. The molecule has 3 rings (SSSR count). The van der Waals surface area contributed by atoms with Crippen molar-refractivity contribution in [2.24, 2.45) is 5.92 Å². The van der Waals surface area contributed by atoms with E-state index in [-0.39, 0.29) is 6.03 Å². The number of rotatable bonds is 6. The number of piperidine rings is 1. The number of amides is 2. The van der Waals surface area contributed by atoms with Crippen molar-refractivity contribution in [3.05, 3.63) is 41.4 Å². The minimum absolute atomic E-state index is 0.123. The van der Waals surface area contributed by atoms with Crippen LogP contribution in [0.3, 0.4) is 0 Å². The number of urea groups is 1. The first-order valence-electron chi connectivity index (χ1n) is 8.53. The summed E-state index contributed by atoms with van der Waals surface area (Å²) in [6, 6.07) is 7.56. The van der Waals surface area contributed by atoms with Gasteiger partial charge in [-0.25, -0.2) is 9.78 Å². The lowest BCUT2D eigenvalue weighted by Gasteiger charge is -2.32. The smallest absolute Gasteiger partial charge is 0.315 e. The van der Waals surface area contributed by atoms with Gasteiger partial charge in [-0.3, -0.25) is 0 Å². The van der Waals surface area contributed by atoms with Gasteiger partial charge in [0.15, 0.2) is 5.13 Å². The van der Waals surface area contributed by atoms with Crippen LogP contribution in [0.25, 0.3) is 0 Å². The third-order valence-electron chi connectivity index (χ3n) is 4.37. The van der Waals surface area contributed by atoms with Gasteiger partial charge in [-0.1, -0.05) is 12.1 Å². The summed E-state index contributed by atoms with van der Waals surface area (Å²) in [7, 11) is 1.64. The lowest BCUT2D eigenvalue weighted by Crippen LogP contribution is -2.43. The van der Waals surface area contributed by atoms with Crippen molar-refractivity contribution < 1.29 is 9.53 Å². The number of nitrogens with zero attached hydrogens (tertiary/aromatic N) is 2. The molecule has 1 aliphatic heterocycles. The molecule has 1 fully saturated rings. The zero-order chi connectivity index (χ0) is 17.5. The van der Waals surface area contributed by atoms with Crippen LogP contribution < -0.4 is 20.3 Å². The summed E-state index contributed by atoms with van der Waals surface area (Å²) in [5, 5.41) is 8.97. The van der Waals surface area contributed by atoms with E-state index in [2.05, 4.69) is 20.5 Å². The summed E-state index contributed by atoms with van der Waals surface area (Å²) in [6.45, 7) is 3.20. The van der Waals surface area contributed by atoms with Crippen LogP contribution in [-0.2, 0) is 6.54 Å². The maximum Gasteiger partial charge on any atom is 0.315 e. The zero-order valence-corrected chi connectivity index (χ0v) is 15.2. The number of carbonyl (C=O) groups excluding carboxylic acids is 1. The molecule has 1 aliphatic rings.